The Balaban J connectivity index is 1.28. The number of benzene rings is 3. The third kappa shape index (κ3) is 4.43. The number of halogens is 1. The van der Waals surface area contributed by atoms with Crippen LogP contribution in [0, 0.1) is 0 Å². The Hall–Kier alpha value is -3.95. The molecule has 1 aromatic heterocycles. The van der Waals surface area contributed by atoms with Gasteiger partial charge in [-0.15, -0.1) is 4.40 Å². The summed E-state index contributed by atoms with van der Waals surface area (Å²) in [6.07, 6.45) is 1.62. The van der Waals surface area contributed by atoms with Gasteiger partial charge in [-0.1, -0.05) is 35.9 Å². The molecule has 5 rings (SSSR count). The van der Waals surface area contributed by atoms with Gasteiger partial charge in [0.2, 0.25) is 0 Å². The fraction of sp³-hybridized carbons (Fsp3) is 0.0417. The van der Waals surface area contributed by atoms with Crippen LogP contribution in [0.2, 0.25) is 5.02 Å². The molecule has 34 heavy (non-hydrogen) atoms. The molecule has 0 radical (unpaired) electrons. The minimum atomic E-state index is -3.71. The van der Waals surface area contributed by atoms with Gasteiger partial charge in [0.05, 0.1) is 12.7 Å². The van der Waals surface area contributed by atoms with E-state index in [0.29, 0.717) is 34.2 Å². The van der Waals surface area contributed by atoms with Gasteiger partial charge in [-0.3, -0.25) is 4.79 Å². The van der Waals surface area contributed by atoms with Gasteiger partial charge < -0.3 is 10.6 Å². The van der Waals surface area contributed by atoms with Crippen molar-refractivity contribution >= 4 is 44.9 Å². The molecule has 0 spiro atoms. The number of carbonyl (C=O) groups excluding carboxylic acids is 1. The van der Waals surface area contributed by atoms with Crippen LogP contribution in [0.25, 0.3) is 0 Å². The van der Waals surface area contributed by atoms with Crippen molar-refractivity contribution in [3.05, 3.63) is 107 Å². The second-order valence-electron chi connectivity index (χ2n) is 7.57. The fourth-order valence-corrected chi connectivity index (χ4v) is 4.86. The molecule has 0 atom stereocenters. The number of carbonyl (C=O) groups is 1. The normalized spacial score (nSPS) is 13.7. The summed E-state index contributed by atoms with van der Waals surface area (Å²) in [4.78, 5) is 12.9. The van der Waals surface area contributed by atoms with E-state index in [1.165, 1.54) is 6.07 Å². The van der Waals surface area contributed by atoms with Gasteiger partial charge in [0.1, 0.15) is 10.7 Å². The van der Waals surface area contributed by atoms with Gasteiger partial charge in [0.25, 0.3) is 15.9 Å². The Morgan fingerprint density at radius 1 is 0.941 bits per heavy atom. The van der Waals surface area contributed by atoms with E-state index in [-0.39, 0.29) is 16.6 Å². The second kappa shape index (κ2) is 8.77. The number of hydrogen-bond donors (Lipinski definition) is 2. The summed E-state index contributed by atoms with van der Waals surface area (Å²) in [6.45, 7) is 0.481. The Morgan fingerprint density at radius 2 is 1.68 bits per heavy atom. The van der Waals surface area contributed by atoms with Crippen molar-refractivity contribution in [1.29, 1.82) is 0 Å². The minimum Gasteiger partial charge on any atom is -0.339 e. The van der Waals surface area contributed by atoms with Crippen LogP contribution in [0.1, 0.15) is 21.5 Å². The minimum absolute atomic E-state index is 0.170. The van der Waals surface area contributed by atoms with Crippen LogP contribution < -0.4 is 10.6 Å². The maximum absolute atomic E-state index is 12.8. The lowest BCUT2D eigenvalue weighted by Gasteiger charge is -2.10. The number of amides is 1. The van der Waals surface area contributed by atoms with Crippen molar-refractivity contribution in [2.75, 3.05) is 10.6 Å². The lowest BCUT2D eigenvalue weighted by molar-refractivity contribution is 0.102. The van der Waals surface area contributed by atoms with E-state index in [1.54, 1.807) is 71.5 Å². The molecular formula is C24H18ClN5O3S. The number of sulfonamides is 1. The number of nitrogens with zero attached hydrogens (tertiary/aromatic N) is 3. The van der Waals surface area contributed by atoms with Gasteiger partial charge in [0.15, 0.2) is 5.84 Å². The van der Waals surface area contributed by atoms with E-state index in [9.17, 15) is 13.2 Å². The van der Waals surface area contributed by atoms with E-state index < -0.39 is 10.0 Å². The summed E-state index contributed by atoms with van der Waals surface area (Å²) in [5.41, 5.74) is 2.55. The quantitative estimate of drug-likeness (QED) is 0.430. The number of fused-ring (bicyclic) bond motifs is 1. The van der Waals surface area contributed by atoms with Crippen molar-refractivity contribution in [3.63, 3.8) is 0 Å². The van der Waals surface area contributed by atoms with Crippen LogP contribution >= 0.6 is 11.6 Å². The van der Waals surface area contributed by atoms with Gasteiger partial charge in [-0.05, 0) is 54.1 Å². The average molecular weight is 492 g/mol. The van der Waals surface area contributed by atoms with Crippen molar-refractivity contribution in [2.45, 2.75) is 11.4 Å². The summed E-state index contributed by atoms with van der Waals surface area (Å²) in [7, 11) is -3.71. The van der Waals surface area contributed by atoms with Gasteiger partial charge in [-0.2, -0.15) is 13.5 Å². The lowest BCUT2D eigenvalue weighted by atomic mass is 10.1. The number of amidine groups is 1. The molecule has 0 unspecified atom stereocenters. The standard InChI is InChI=1S/C24H18ClN5O3S/c25-18-9-5-16(6-10-18)15-30-22(13-14-26-30)28-24(31)17-7-11-19(12-8-17)27-23-20-3-1-2-4-21(20)34(32,33)29-23/h1-14H,15H2,(H,27,29)(H,28,31). The maximum atomic E-state index is 12.8. The number of aromatic nitrogens is 2. The van der Waals surface area contributed by atoms with Crippen LogP contribution in [0.4, 0.5) is 11.5 Å². The molecule has 0 saturated heterocycles. The topological polar surface area (TPSA) is 105 Å². The molecule has 4 aromatic rings. The maximum Gasteiger partial charge on any atom is 0.285 e. The molecule has 8 nitrogen and oxygen atoms in total. The molecule has 3 aromatic carbocycles. The predicted octanol–water partition coefficient (Wildman–Crippen LogP) is 4.40. The highest BCUT2D eigenvalue weighted by Gasteiger charge is 2.28. The highest BCUT2D eigenvalue weighted by molar-refractivity contribution is 7.90. The monoisotopic (exact) mass is 491 g/mol. The summed E-state index contributed by atoms with van der Waals surface area (Å²) >= 11 is 5.94. The van der Waals surface area contributed by atoms with Gasteiger partial charge in [-0.25, -0.2) is 4.68 Å². The molecule has 1 aliphatic heterocycles. The first-order valence-corrected chi connectivity index (χ1v) is 12.1. The lowest BCUT2D eigenvalue weighted by Crippen LogP contribution is -2.16. The van der Waals surface area contributed by atoms with Crippen LogP contribution in [0.15, 0.2) is 94.4 Å². The van der Waals surface area contributed by atoms with E-state index in [1.807, 2.05) is 12.1 Å². The molecule has 10 heteroatoms. The largest absolute Gasteiger partial charge is 0.339 e. The van der Waals surface area contributed by atoms with E-state index in [4.69, 9.17) is 11.6 Å². The molecule has 0 saturated carbocycles. The predicted molar refractivity (Wildman–Crippen MR) is 131 cm³/mol. The Kier molecular flexibility index (Phi) is 5.64. The smallest absolute Gasteiger partial charge is 0.285 e. The molecule has 0 aliphatic carbocycles. The van der Waals surface area contributed by atoms with E-state index in [0.717, 1.165) is 5.56 Å². The fourth-order valence-electron chi connectivity index (χ4n) is 3.55. The van der Waals surface area contributed by atoms with Crippen molar-refractivity contribution in [3.8, 4) is 0 Å². The van der Waals surface area contributed by atoms with Crippen molar-refractivity contribution < 1.29 is 13.2 Å². The average Bonchev–Trinajstić information content (AvgIpc) is 3.37. The second-order valence-corrected chi connectivity index (χ2v) is 9.58. The zero-order valence-electron chi connectivity index (χ0n) is 17.6. The SMILES string of the molecule is O=C(Nc1ccnn1Cc1ccc(Cl)cc1)c1ccc(NC2=NS(=O)(=O)c3ccccc32)cc1. The molecule has 170 valence electrons. The van der Waals surface area contributed by atoms with Crippen LogP contribution in [-0.2, 0) is 16.6 Å². The van der Waals surface area contributed by atoms with Crippen molar-refractivity contribution in [2.24, 2.45) is 4.40 Å². The van der Waals surface area contributed by atoms with Crippen molar-refractivity contribution in [1.82, 2.24) is 9.78 Å². The van der Waals surface area contributed by atoms with Crippen LogP contribution in [-0.4, -0.2) is 29.9 Å². The Bertz CT molecular complexity index is 1510. The number of hydrogen-bond acceptors (Lipinski definition) is 5. The summed E-state index contributed by atoms with van der Waals surface area (Å²) in [6, 6.07) is 22.4. The Morgan fingerprint density at radius 3 is 2.44 bits per heavy atom. The highest BCUT2D eigenvalue weighted by Crippen LogP contribution is 2.26. The number of anilines is 2. The van der Waals surface area contributed by atoms with Crippen LogP contribution in [0.3, 0.4) is 0 Å². The molecule has 2 N–H and O–H groups in total. The first-order chi connectivity index (χ1) is 16.4. The zero-order chi connectivity index (χ0) is 23.7. The van der Waals surface area contributed by atoms with Crippen LogP contribution in [0.5, 0.6) is 0 Å². The molecule has 1 aliphatic rings. The summed E-state index contributed by atoms with van der Waals surface area (Å²) in [5.74, 6) is 0.513. The third-order valence-corrected chi connectivity index (χ3v) is 6.83. The summed E-state index contributed by atoms with van der Waals surface area (Å²) < 4.78 is 29.9. The Labute approximate surface area is 201 Å². The summed E-state index contributed by atoms with van der Waals surface area (Å²) in [5, 5.41) is 10.8. The van der Waals surface area contributed by atoms with E-state index in [2.05, 4.69) is 20.1 Å². The number of rotatable bonds is 5. The zero-order valence-corrected chi connectivity index (χ0v) is 19.2. The molecule has 1 amide bonds. The first kappa shape index (κ1) is 21.9. The first-order valence-electron chi connectivity index (χ1n) is 10.3. The number of nitrogens with one attached hydrogen (secondary N) is 2. The van der Waals surface area contributed by atoms with E-state index >= 15 is 0 Å². The highest BCUT2D eigenvalue weighted by atomic mass is 35.5. The van der Waals surface area contributed by atoms with Gasteiger partial charge in [0, 0.05) is 27.9 Å². The third-order valence-electron chi connectivity index (χ3n) is 5.25. The molecule has 2 heterocycles. The van der Waals surface area contributed by atoms with Gasteiger partial charge >= 0.3 is 0 Å². The molecular weight excluding hydrogens is 474 g/mol. The molecule has 0 fully saturated rings. The molecule has 0 bridgehead atoms.